The molecule has 108 valence electrons. The van der Waals surface area contributed by atoms with Crippen LogP contribution in [0.25, 0.3) is 0 Å². The minimum absolute atomic E-state index is 0.0337. The first-order valence-electron chi connectivity index (χ1n) is 7.96. The van der Waals surface area contributed by atoms with Gasteiger partial charge < -0.3 is 5.32 Å². The minimum atomic E-state index is -0.133. The Morgan fingerprint density at radius 2 is 2.45 bits per heavy atom. The number of ketones is 1. The predicted molar refractivity (Wildman–Crippen MR) is 79.8 cm³/mol. The van der Waals surface area contributed by atoms with Crippen LogP contribution >= 0.6 is 0 Å². The first-order valence-corrected chi connectivity index (χ1v) is 7.96. The smallest absolute Gasteiger partial charge is 0.149 e. The molecule has 1 aliphatic heterocycles. The van der Waals surface area contributed by atoms with Gasteiger partial charge in [-0.25, -0.2) is 0 Å². The van der Waals surface area contributed by atoms with Crippen LogP contribution in [0.1, 0.15) is 56.2 Å². The third kappa shape index (κ3) is 2.28. The van der Waals surface area contributed by atoms with Crippen molar-refractivity contribution in [1.29, 1.82) is 0 Å². The number of fused-ring (bicyclic) bond motifs is 1. The van der Waals surface area contributed by atoms with Crippen LogP contribution in [-0.2, 0) is 11.2 Å². The molecule has 0 radical (unpaired) electrons. The second kappa shape index (κ2) is 5.65. The van der Waals surface area contributed by atoms with Crippen LogP contribution in [0.5, 0.6) is 0 Å². The van der Waals surface area contributed by atoms with Crippen molar-refractivity contribution in [3.63, 3.8) is 0 Å². The fourth-order valence-electron chi connectivity index (χ4n) is 4.00. The lowest BCUT2D eigenvalue weighted by Gasteiger charge is -2.33. The lowest BCUT2D eigenvalue weighted by atomic mass is 9.70. The molecule has 0 spiro atoms. The second-order valence-corrected chi connectivity index (χ2v) is 6.31. The summed E-state index contributed by atoms with van der Waals surface area (Å²) in [4.78, 5) is 17.7. The van der Waals surface area contributed by atoms with E-state index in [0.717, 1.165) is 57.3 Å². The van der Waals surface area contributed by atoms with Crippen LogP contribution in [0.2, 0.25) is 0 Å². The number of pyridine rings is 1. The zero-order chi connectivity index (χ0) is 14.0. The van der Waals surface area contributed by atoms with E-state index in [0.29, 0.717) is 5.78 Å². The SMILES string of the molecule is CCCC1(C(=O)C2CCCc3cccnc32)CCNC1. The highest BCUT2D eigenvalue weighted by Gasteiger charge is 2.44. The second-order valence-electron chi connectivity index (χ2n) is 6.31. The van der Waals surface area contributed by atoms with E-state index in [2.05, 4.69) is 23.3 Å². The molecule has 2 heterocycles. The molecule has 2 aliphatic rings. The Hall–Kier alpha value is -1.22. The van der Waals surface area contributed by atoms with Gasteiger partial charge in [-0.15, -0.1) is 0 Å². The van der Waals surface area contributed by atoms with E-state index in [4.69, 9.17) is 0 Å². The fourth-order valence-corrected chi connectivity index (χ4v) is 4.00. The Bertz CT molecular complexity index is 492. The van der Waals surface area contributed by atoms with Crippen LogP contribution in [-0.4, -0.2) is 23.9 Å². The molecule has 0 saturated carbocycles. The van der Waals surface area contributed by atoms with Gasteiger partial charge in [-0.1, -0.05) is 19.4 Å². The van der Waals surface area contributed by atoms with Gasteiger partial charge in [0, 0.05) is 18.2 Å². The number of aromatic nitrogens is 1. The Balaban J connectivity index is 1.91. The summed E-state index contributed by atoms with van der Waals surface area (Å²) in [6.07, 6.45) is 8.10. The van der Waals surface area contributed by atoms with Crippen molar-refractivity contribution >= 4 is 5.78 Å². The van der Waals surface area contributed by atoms with Crippen molar-refractivity contribution in [2.24, 2.45) is 5.41 Å². The first kappa shape index (κ1) is 13.7. The van der Waals surface area contributed by atoms with Gasteiger partial charge in [-0.3, -0.25) is 9.78 Å². The predicted octanol–water partition coefficient (Wildman–Crippen LogP) is 2.85. The molecule has 3 heteroatoms. The van der Waals surface area contributed by atoms with Gasteiger partial charge in [0.2, 0.25) is 0 Å². The highest BCUT2D eigenvalue weighted by molar-refractivity contribution is 5.91. The van der Waals surface area contributed by atoms with Gasteiger partial charge in [0.15, 0.2) is 0 Å². The summed E-state index contributed by atoms with van der Waals surface area (Å²) in [6.45, 7) is 4.02. The molecule has 20 heavy (non-hydrogen) atoms. The van der Waals surface area contributed by atoms with Crippen molar-refractivity contribution in [3.05, 3.63) is 29.6 Å². The van der Waals surface area contributed by atoms with E-state index in [1.54, 1.807) is 0 Å². The van der Waals surface area contributed by atoms with Gasteiger partial charge in [0.25, 0.3) is 0 Å². The summed E-state index contributed by atoms with van der Waals surface area (Å²) in [7, 11) is 0. The molecule has 2 unspecified atom stereocenters. The normalized spacial score (nSPS) is 29.1. The number of nitrogens with one attached hydrogen (secondary N) is 1. The largest absolute Gasteiger partial charge is 0.316 e. The summed E-state index contributed by atoms with van der Waals surface area (Å²) in [5.41, 5.74) is 2.21. The zero-order valence-corrected chi connectivity index (χ0v) is 12.3. The Morgan fingerprint density at radius 3 is 3.20 bits per heavy atom. The maximum atomic E-state index is 13.2. The van der Waals surface area contributed by atoms with Gasteiger partial charge in [-0.2, -0.15) is 0 Å². The quantitative estimate of drug-likeness (QED) is 0.916. The molecule has 1 aromatic rings. The van der Waals surface area contributed by atoms with Gasteiger partial charge in [-0.05, 0) is 50.3 Å². The number of aryl methyl sites for hydroxylation is 1. The van der Waals surface area contributed by atoms with Crippen LogP contribution in [0, 0.1) is 5.41 Å². The van der Waals surface area contributed by atoms with Crippen molar-refractivity contribution in [1.82, 2.24) is 10.3 Å². The number of hydrogen-bond donors (Lipinski definition) is 1. The molecule has 1 aliphatic carbocycles. The van der Waals surface area contributed by atoms with Crippen LogP contribution in [0.15, 0.2) is 18.3 Å². The number of rotatable bonds is 4. The molecule has 2 atom stereocenters. The molecular weight excluding hydrogens is 248 g/mol. The Kier molecular flexibility index (Phi) is 3.88. The molecule has 0 amide bonds. The van der Waals surface area contributed by atoms with Crippen molar-refractivity contribution in [3.8, 4) is 0 Å². The molecule has 1 saturated heterocycles. The van der Waals surface area contributed by atoms with Gasteiger partial charge in [0.1, 0.15) is 5.78 Å². The summed E-state index contributed by atoms with van der Waals surface area (Å²) >= 11 is 0. The van der Waals surface area contributed by atoms with Gasteiger partial charge >= 0.3 is 0 Å². The number of carbonyl (C=O) groups excluding carboxylic acids is 1. The fraction of sp³-hybridized carbons (Fsp3) is 0.647. The van der Waals surface area contributed by atoms with E-state index in [-0.39, 0.29) is 11.3 Å². The lowest BCUT2D eigenvalue weighted by Crippen LogP contribution is -2.38. The number of Topliss-reactive ketones (excluding diaryl/α,β-unsaturated/α-hetero) is 1. The number of carbonyl (C=O) groups is 1. The van der Waals surface area contributed by atoms with Gasteiger partial charge in [0.05, 0.1) is 11.6 Å². The molecular formula is C17H24N2O. The third-order valence-corrected chi connectivity index (χ3v) is 5.01. The molecule has 3 rings (SSSR count). The maximum absolute atomic E-state index is 13.2. The molecule has 1 fully saturated rings. The zero-order valence-electron chi connectivity index (χ0n) is 12.3. The first-order chi connectivity index (χ1) is 9.77. The molecule has 1 N–H and O–H groups in total. The van der Waals surface area contributed by atoms with Crippen molar-refractivity contribution < 1.29 is 4.79 Å². The minimum Gasteiger partial charge on any atom is -0.316 e. The van der Waals surface area contributed by atoms with E-state index < -0.39 is 0 Å². The van der Waals surface area contributed by atoms with Crippen molar-refractivity contribution in [2.75, 3.05) is 13.1 Å². The summed E-state index contributed by atoms with van der Waals surface area (Å²) < 4.78 is 0. The Morgan fingerprint density at radius 1 is 1.55 bits per heavy atom. The van der Waals surface area contributed by atoms with E-state index in [9.17, 15) is 4.79 Å². The Labute approximate surface area is 121 Å². The van der Waals surface area contributed by atoms with Crippen LogP contribution in [0.4, 0.5) is 0 Å². The summed E-state index contributed by atoms with van der Waals surface area (Å²) in [5.74, 6) is 0.482. The highest BCUT2D eigenvalue weighted by Crippen LogP contribution is 2.41. The molecule has 0 aromatic carbocycles. The van der Waals surface area contributed by atoms with Crippen molar-refractivity contribution in [2.45, 2.75) is 51.4 Å². The van der Waals surface area contributed by atoms with E-state index in [1.165, 1.54) is 5.56 Å². The van der Waals surface area contributed by atoms with Crippen LogP contribution < -0.4 is 5.32 Å². The average Bonchev–Trinajstić information content (AvgIpc) is 2.96. The summed E-state index contributed by atoms with van der Waals surface area (Å²) in [5, 5.41) is 3.40. The molecule has 1 aromatic heterocycles. The van der Waals surface area contributed by atoms with E-state index >= 15 is 0 Å². The highest BCUT2D eigenvalue weighted by atomic mass is 16.1. The maximum Gasteiger partial charge on any atom is 0.149 e. The third-order valence-electron chi connectivity index (χ3n) is 5.01. The van der Waals surface area contributed by atoms with Crippen LogP contribution in [0.3, 0.4) is 0 Å². The van der Waals surface area contributed by atoms with E-state index in [1.807, 2.05) is 12.3 Å². The molecule has 3 nitrogen and oxygen atoms in total. The topological polar surface area (TPSA) is 42.0 Å². The molecule has 0 bridgehead atoms. The summed E-state index contributed by atoms with van der Waals surface area (Å²) in [6, 6.07) is 4.13. The number of hydrogen-bond acceptors (Lipinski definition) is 3. The average molecular weight is 272 g/mol. The standard InChI is InChI=1S/C17H24N2O/c1-2-8-17(9-11-18-12-17)16(20)14-7-3-5-13-6-4-10-19-15(13)14/h4,6,10,14,18H,2-3,5,7-9,11-12H2,1H3. The monoisotopic (exact) mass is 272 g/mol. The lowest BCUT2D eigenvalue weighted by molar-refractivity contribution is -0.130. The number of nitrogens with zero attached hydrogens (tertiary/aromatic N) is 1.